The molecule has 0 saturated heterocycles. The van der Waals surface area contributed by atoms with Crippen molar-refractivity contribution in [2.75, 3.05) is 7.11 Å². The van der Waals surface area contributed by atoms with E-state index in [0.29, 0.717) is 6.42 Å². The van der Waals surface area contributed by atoms with Gasteiger partial charge in [0.2, 0.25) is 0 Å². The molecule has 5 nitrogen and oxygen atoms in total. The molecule has 7 atom stereocenters. The molecule has 0 amide bonds. The number of carbonyl (C=O) groups is 2. The standard InChI is InChI=1S/C21H38O5/c1-9-13(3)18(22)16(6)19(23)14(4)10-12(2)11-15(5)20(24)17(7)21(25)26-8/h10,13-18,20,22,24H,9,11H2,1-8H3/b12-10+/t13-,14+,15-,16-,17-,18-,20-/m0/s1. The second-order valence-corrected chi connectivity index (χ2v) is 7.85. The first-order valence-corrected chi connectivity index (χ1v) is 9.62. The van der Waals surface area contributed by atoms with Crippen LogP contribution >= 0.6 is 0 Å². The third-order valence-electron chi connectivity index (χ3n) is 5.48. The number of ketones is 1. The van der Waals surface area contributed by atoms with Gasteiger partial charge in [0.1, 0.15) is 5.78 Å². The quantitative estimate of drug-likeness (QED) is 0.430. The van der Waals surface area contributed by atoms with Gasteiger partial charge in [0.25, 0.3) is 0 Å². The first-order chi connectivity index (χ1) is 12.0. The van der Waals surface area contributed by atoms with E-state index >= 15 is 0 Å². The number of hydrogen-bond donors (Lipinski definition) is 2. The minimum absolute atomic E-state index is 0.0216. The van der Waals surface area contributed by atoms with Crippen LogP contribution in [-0.4, -0.2) is 41.3 Å². The normalized spacial score (nSPS) is 20.5. The van der Waals surface area contributed by atoms with Crippen molar-refractivity contribution in [1.82, 2.24) is 0 Å². The summed E-state index contributed by atoms with van der Waals surface area (Å²) in [5.74, 6) is -1.76. The lowest BCUT2D eigenvalue weighted by Crippen LogP contribution is -2.34. The van der Waals surface area contributed by atoms with E-state index in [0.717, 1.165) is 12.0 Å². The highest BCUT2D eigenvalue weighted by molar-refractivity contribution is 5.85. The van der Waals surface area contributed by atoms with Crippen molar-refractivity contribution < 1.29 is 24.5 Å². The second kappa shape index (κ2) is 11.5. The molecular weight excluding hydrogens is 332 g/mol. The van der Waals surface area contributed by atoms with Gasteiger partial charge in [0, 0.05) is 11.8 Å². The maximum absolute atomic E-state index is 12.6. The van der Waals surface area contributed by atoms with Gasteiger partial charge in [-0.1, -0.05) is 52.7 Å². The van der Waals surface area contributed by atoms with Crippen LogP contribution < -0.4 is 0 Å². The van der Waals surface area contributed by atoms with Crippen LogP contribution in [0.3, 0.4) is 0 Å². The van der Waals surface area contributed by atoms with Crippen molar-refractivity contribution in [2.24, 2.45) is 29.6 Å². The van der Waals surface area contributed by atoms with Gasteiger partial charge in [-0.25, -0.2) is 0 Å². The Bertz CT molecular complexity index is 485. The topological polar surface area (TPSA) is 83.8 Å². The van der Waals surface area contributed by atoms with Crippen LogP contribution in [0, 0.1) is 29.6 Å². The van der Waals surface area contributed by atoms with Crippen molar-refractivity contribution >= 4 is 11.8 Å². The Labute approximate surface area is 158 Å². The number of Topliss-reactive ketones (excluding diaryl/α,β-unsaturated/α-hetero) is 1. The number of carbonyl (C=O) groups excluding carboxylic acids is 2. The minimum Gasteiger partial charge on any atom is -0.469 e. The van der Waals surface area contributed by atoms with Crippen LogP contribution in [0.25, 0.3) is 0 Å². The van der Waals surface area contributed by atoms with E-state index in [1.54, 1.807) is 13.8 Å². The molecule has 0 aliphatic heterocycles. The second-order valence-electron chi connectivity index (χ2n) is 7.85. The number of methoxy groups -OCH3 is 1. The van der Waals surface area contributed by atoms with Crippen molar-refractivity contribution in [1.29, 1.82) is 0 Å². The van der Waals surface area contributed by atoms with E-state index < -0.39 is 30.0 Å². The number of allylic oxidation sites excluding steroid dienone is 2. The molecule has 26 heavy (non-hydrogen) atoms. The zero-order chi connectivity index (χ0) is 20.6. The molecule has 0 radical (unpaired) electrons. The number of hydrogen-bond acceptors (Lipinski definition) is 5. The third-order valence-corrected chi connectivity index (χ3v) is 5.48. The minimum atomic E-state index is -0.803. The largest absolute Gasteiger partial charge is 0.469 e. The van der Waals surface area contributed by atoms with Gasteiger partial charge in [0.15, 0.2) is 0 Å². The molecule has 0 aromatic carbocycles. The smallest absolute Gasteiger partial charge is 0.311 e. The Balaban J connectivity index is 4.88. The highest BCUT2D eigenvalue weighted by Gasteiger charge is 2.29. The first kappa shape index (κ1) is 24.8. The summed E-state index contributed by atoms with van der Waals surface area (Å²) in [4.78, 5) is 24.1. The lowest BCUT2D eigenvalue weighted by Gasteiger charge is -2.25. The highest BCUT2D eigenvalue weighted by Crippen LogP contribution is 2.24. The highest BCUT2D eigenvalue weighted by atomic mass is 16.5. The first-order valence-electron chi connectivity index (χ1n) is 9.62. The van der Waals surface area contributed by atoms with Crippen LogP contribution in [0.4, 0.5) is 0 Å². The summed E-state index contributed by atoms with van der Waals surface area (Å²) in [7, 11) is 1.31. The molecule has 5 heteroatoms. The van der Waals surface area contributed by atoms with E-state index in [9.17, 15) is 19.8 Å². The molecule has 0 rings (SSSR count). The monoisotopic (exact) mass is 370 g/mol. The van der Waals surface area contributed by atoms with Crippen LogP contribution in [-0.2, 0) is 14.3 Å². The number of ether oxygens (including phenoxy) is 1. The molecule has 0 bridgehead atoms. The predicted molar refractivity (Wildman–Crippen MR) is 104 cm³/mol. The van der Waals surface area contributed by atoms with E-state index in [1.807, 2.05) is 40.7 Å². The molecule has 0 unspecified atom stereocenters. The van der Waals surface area contributed by atoms with Crippen LogP contribution in [0.15, 0.2) is 11.6 Å². The summed E-state index contributed by atoms with van der Waals surface area (Å²) >= 11 is 0. The number of esters is 1. The Kier molecular flexibility index (Phi) is 11.0. The SMILES string of the molecule is CC[C@H](C)[C@H](O)[C@H](C)C(=O)[C@H](C)/C=C(\C)C[C@H](C)[C@H](O)[C@H](C)C(=O)OC. The summed E-state index contributed by atoms with van der Waals surface area (Å²) in [6, 6.07) is 0. The number of aliphatic hydroxyl groups is 2. The van der Waals surface area contributed by atoms with Crippen molar-refractivity contribution in [2.45, 2.75) is 73.5 Å². The average molecular weight is 371 g/mol. The van der Waals surface area contributed by atoms with Gasteiger partial charge in [0.05, 0.1) is 25.2 Å². The molecule has 0 heterocycles. The number of rotatable bonds is 11. The fourth-order valence-electron chi connectivity index (χ4n) is 3.34. The van der Waals surface area contributed by atoms with Crippen molar-refractivity contribution in [3.8, 4) is 0 Å². The maximum atomic E-state index is 12.6. The molecule has 0 aliphatic rings. The van der Waals surface area contributed by atoms with Gasteiger partial charge in [-0.15, -0.1) is 0 Å². The summed E-state index contributed by atoms with van der Waals surface area (Å²) in [6.07, 6.45) is 1.88. The molecule has 0 fully saturated rings. The fraction of sp³-hybridized carbons (Fsp3) is 0.810. The van der Waals surface area contributed by atoms with Crippen LogP contribution in [0.5, 0.6) is 0 Å². The molecule has 0 aromatic rings. The summed E-state index contributed by atoms with van der Waals surface area (Å²) in [6.45, 7) is 13.0. The number of aliphatic hydroxyl groups excluding tert-OH is 2. The molecule has 0 aliphatic carbocycles. The van der Waals surface area contributed by atoms with E-state index in [-0.39, 0.29) is 23.5 Å². The zero-order valence-corrected chi connectivity index (χ0v) is 17.7. The maximum Gasteiger partial charge on any atom is 0.311 e. The van der Waals surface area contributed by atoms with Crippen molar-refractivity contribution in [3.05, 3.63) is 11.6 Å². The summed E-state index contributed by atoms with van der Waals surface area (Å²) in [5.41, 5.74) is 0.986. The van der Waals surface area contributed by atoms with E-state index in [1.165, 1.54) is 7.11 Å². The zero-order valence-electron chi connectivity index (χ0n) is 17.7. The van der Waals surface area contributed by atoms with Gasteiger partial charge in [-0.2, -0.15) is 0 Å². The van der Waals surface area contributed by atoms with Crippen LogP contribution in [0.1, 0.15) is 61.3 Å². The lowest BCUT2D eigenvalue weighted by molar-refractivity contribution is -0.149. The van der Waals surface area contributed by atoms with E-state index in [2.05, 4.69) is 4.74 Å². The fourth-order valence-corrected chi connectivity index (χ4v) is 3.34. The Morgan fingerprint density at radius 3 is 1.92 bits per heavy atom. The molecule has 152 valence electrons. The van der Waals surface area contributed by atoms with E-state index in [4.69, 9.17) is 0 Å². The predicted octanol–water partition coefficient (Wildman–Crippen LogP) is 3.38. The molecule has 0 aromatic heterocycles. The third kappa shape index (κ3) is 7.20. The molecule has 0 spiro atoms. The van der Waals surface area contributed by atoms with Gasteiger partial charge in [-0.05, 0) is 32.1 Å². The average Bonchev–Trinajstić information content (AvgIpc) is 2.62. The Morgan fingerprint density at radius 1 is 0.962 bits per heavy atom. The van der Waals surface area contributed by atoms with Crippen LogP contribution in [0.2, 0.25) is 0 Å². The molecule has 2 N–H and O–H groups in total. The summed E-state index contributed by atoms with van der Waals surface area (Å²) < 4.78 is 4.68. The van der Waals surface area contributed by atoms with Gasteiger partial charge in [-0.3, -0.25) is 9.59 Å². The van der Waals surface area contributed by atoms with Gasteiger partial charge >= 0.3 is 5.97 Å². The molecular formula is C21H38O5. The molecule has 0 saturated carbocycles. The summed E-state index contributed by atoms with van der Waals surface area (Å²) in [5, 5.41) is 20.6. The lowest BCUT2D eigenvalue weighted by atomic mass is 9.83. The Morgan fingerprint density at radius 2 is 1.46 bits per heavy atom. The van der Waals surface area contributed by atoms with Crippen molar-refractivity contribution in [3.63, 3.8) is 0 Å². The Hall–Kier alpha value is -1.20. The van der Waals surface area contributed by atoms with Gasteiger partial charge < -0.3 is 14.9 Å².